The lowest BCUT2D eigenvalue weighted by molar-refractivity contribution is 0.0913. The molecule has 0 N–H and O–H groups in total. The number of aromatic nitrogens is 2. The van der Waals surface area contributed by atoms with Gasteiger partial charge in [0.25, 0.3) is 0 Å². The van der Waals surface area contributed by atoms with Gasteiger partial charge in [0.2, 0.25) is 0 Å². The predicted octanol–water partition coefficient (Wildman–Crippen LogP) is 3.49. The van der Waals surface area contributed by atoms with E-state index >= 15 is 0 Å². The molecular weight excluding hydrogens is 224 g/mol. The summed E-state index contributed by atoms with van der Waals surface area (Å²) in [5.41, 5.74) is 1.67. The molecule has 0 bridgehead atoms. The fourth-order valence-electron chi connectivity index (χ4n) is 2.07. The van der Waals surface area contributed by atoms with E-state index in [2.05, 4.69) is 5.10 Å². The first kappa shape index (κ1) is 12.6. The van der Waals surface area contributed by atoms with E-state index in [9.17, 15) is 4.79 Å². The molecule has 0 saturated heterocycles. The minimum absolute atomic E-state index is 0.110. The number of para-hydroxylation sites is 1. The SMILES string of the molecule is CCC(CC)C(=O)c1cnn(-c2ccccc2)c1. The number of nitrogens with zero attached hydrogens (tertiary/aromatic N) is 2. The zero-order valence-corrected chi connectivity index (χ0v) is 10.8. The Bertz CT molecular complexity index is 512. The van der Waals surface area contributed by atoms with Crippen LogP contribution in [0.1, 0.15) is 37.0 Å². The van der Waals surface area contributed by atoms with Gasteiger partial charge in [-0.3, -0.25) is 4.79 Å². The molecule has 18 heavy (non-hydrogen) atoms. The van der Waals surface area contributed by atoms with Gasteiger partial charge < -0.3 is 0 Å². The van der Waals surface area contributed by atoms with Crippen LogP contribution in [0.5, 0.6) is 0 Å². The second kappa shape index (κ2) is 5.63. The average Bonchev–Trinajstić information content (AvgIpc) is 2.90. The molecule has 1 aromatic carbocycles. The highest BCUT2D eigenvalue weighted by Crippen LogP contribution is 2.16. The third-order valence-corrected chi connectivity index (χ3v) is 3.24. The van der Waals surface area contributed by atoms with Crippen LogP contribution in [0.25, 0.3) is 5.69 Å². The summed E-state index contributed by atoms with van der Waals surface area (Å²) in [7, 11) is 0. The molecule has 0 aliphatic carbocycles. The highest BCUT2D eigenvalue weighted by Gasteiger charge is 2.17. The van der Waals surface area contributed by atoms with Gasteiger partial charge in [-0.25, -0.2) is 4.68 Å². The minimum atomic E-state index is 0.110. The zero-order valence-electron chi connectivity index (χ0n) is 10.8. The van der Waals surface area contributed by atoms with Gasteiger partial charge >= 0.3 is 0 Å². The molecule has 0 amide bonds. The van der Waals surface area contributed by atoms with E-state index in [4.69, 9.17) is 0 Å². The molecule has 2 rings (SSSR count). The maximum Gasteiger partial charge on any atom is 0.169 e. The molecule has 1 aromatic heterocycles. The monoisotopic (exact) mass is 242 g/mol. The number of hydrogen-bond acceptors (Lipinski definition) is 2. The van der Waals surface area contributed by atoms with E-state index in [0.29, 0.717) is 5.56 Å². The van der Waals surface area contributed by atoms with Gasteiger partial charge in [-0.1, -0.05) is 32.0 Å². The minimum Gasteiger partial charge on any atom is -0.294 e. The van der Waals surface area contributed by atoms with Crippen LogP contribution in [0, 0.1) is 5.92 Å². The maximum absolute atomic E-state index is 12.2. The number of benzene rings is 1. The Morgan fingerprint density at radius 1 is 1.22 bits per heavy atom. The molecule has 94 valence electrons. The first-order valence-corrected chi connectivity index (χ1v) is 6.40. The van der Waals surface area contributed by atoms with Crippen molar-refractivity contribution in [2.75, 3.05) is 0 Å². The molecular formula is C15H18N2O. The molecule has 0 radical (unpaired) electrons. The first-order chi connectivity index (χ1) is 8.76. The van der Waals surface area contributed by atoms with Crippen molar-refractivity contribution < 1.29 is 4.79 Å². The van der Waals surface area contributed by atoms with Crippen molar-refractivity contribution in [1.82, 2.24) is 9.78 Å². The number of ketones is 1. The van der Waals surface area contributed by atoms with Crippen LogP contribution >= 0.6 is 0 Å². The lowest BCUT2D eigenvalue weighted by Gasteiger charge is -2.08. The summed E-state index contributed by atoms with van der Waals surface area (Å²) in [6.07, 6.45) is 5.24. The standard InChI is InChI=1S/C15H18N2O/c1-3-12(4-2)15(18)13-10-16-17(11-13)14-8-6-5-7-9-14/h5-12H,3-4H2,1-2H3. The van der Waals surface area contributed by atoms with Gasteiger partial charge in [0.15, 0.2) is 5.78 Å². The normalized spacial score (nSPS) is 10.8. The Labute approximate surface area is 107 Å². The summed E-state index contributed by atoms with van der Waals surface area (Å²) < 4.78 is 1.75. The van der Waals surface area contributed by atoms with E-state index in [1.54, 1.807) is 10.9 Å². The Hall–Kier alpha value is -1.90. The van der Waals surface area contributed by atoms with Gasteiger partial charge in [-0.05, 0) is 25.0 Å². The smallest absolute Gasteiger partial charge is 0.169 e. The number of rotatable bonds is 5. The van der Waals surface area contributed by atoms with E-state index in [0.717, 1.165) is 18.5 Å². The molecule has 0 spiro atoms. The summed E-state index contributed by atoms with van der Waals surface area (Å²) in [6, 6.07) is 9.82. The quantitative estimate of drug-likeness (QED) is 0.752. The predicted molar refractivity (Wildman–Crippen MR) is 72.0 cm³/mol. The van der Waals surface area contributed by atoms with Crippen molar-refractivity contribution >= 4 is 5.78 Å². The molecule has 0 aliphatic heterocycles. The van der Waals surface area contributed by atoms with Crippen molar-refractivity contribution in [2.45, 2.75) is 26.7 Å². The molecule has 3 nitrogen and oxygen atoms in total. The van der Waals surface area contributed by atoms with Crippen LogP contribution in [0.2, 0.25) is 0 Å². The Kier molecular flexibility index (Phi) is 3.92. The summed E-state index contributed by atoms with van der Waals surface area (Å²) >= 11 is 0. The highest BCUT2D eigenvalue weighted by atomic mass is 16.1. The fourth-order valence-corrected chi connectivity index (χ4v) is 2.07. The third kappa shape index (κ3) is 2.50. The van der Waals surface area contributed by atoms with Crippen molar-refractivity contribution in [3.05, 3.63) is 48.3 Å². The van der Waals surface area contributed by atoms with Crippen LogP contribution in [-0.4, -0.2) is 15.6 Å². The molecule has 1 heterocycles. The van der Waals surface area contributed by atoms with E-state index in [-0.39, 0.29) is 11.7 Å². The summed E-state index contributed by atoms with van der Waals surface area (Å²) in [6.45, 7) is 4.10. The van der Waals surface area contributed by atoms with Gasteiger partial charge in [0.05, 0.1) is 17.4 Å². The van der Waals surface area contributed by atoms with E-state index in [1.807, 2.05) is 50.4 Å². The fraction of sp³-hybridized carbons (Fsp3) is 0.333. The lowest BCUT2D eigenvalue weighted by Crippen LogP contribution is -2.12. The molecule has 0 saturated carbocycles. The van der Waals surface area contributed by atoms with E-state index < -0.39 is 0 Å². The Balaban J connectivity index is 2.23. The van der Waals surface area contributed by atoms with E-state index in [1.165, 1.54) is 0 Å². The van der Waals surface area contributed by atoms with Crippen molar-refractivity contribution in [2.24, 2.45) is 5.92 Å². The Morgan fingerprint density at radius 2 is 1.89 bits per heavy atom. The summed E-state index contributed by atoms with van der Waals surface area (Å²) in [4.78, 5) is 12.2. The third-order valence-electron chi connectivity index (χ3n) is 3.24. The number of carbonyl (C=O) groups is 1. The van der Waals surface area contributed by atoms with Gasteiger partial charge in [0, 0.05) is 12.1 Å². The highest BCUT2D eigenvalue weighted by molar-refractivity contribution is 5.97. The van der Waals surface area contributed by atoms with Crippen molar-refractivity contribution in [3.8, 4) is 5.69 Å². The van der Waals surface area contributed by atoms with Crippen LogP contribution in [-0.2, 0) is 0 Å². The Morgan fingerprint density at radius 3 is 2.50 bits per heavy atom. The van der Waals surface area contributed by atoms with Gasteiger partial charge in [-0.15, -0.1) is 0 Å². The second-order valence-electron chi connectivity index (χ2n) is 4.39. The van der Waals surface area contributed by atoms with Crippen LogP contribution in [0.4, 0.5) is 0 Å². The van der Waals surface area contributed by atoms with Gasteiger partial charge in [-0.2, -0.15) is 5.10 Å². The maximum atomic E-state index is 12.2. The van der Waals surface area contributed by atoms with Crippen LogP contribution in [0.3, 0.4) is 0 Å². The topological polar surface area (TPSA) is 34.9 Å². The molecule has 0 aliphatic rings. The first-order valence-electron chi connectivity index (χ1n) is 6.40. The molecule has 0 unspecified atom stereocenters. The van der Waals surface area contributed by atoms with Crippen LogP contribution in [0.15, 0.2) is 42.7 Å². The molecule has 2 aromatic rings. The molecule has 3 heteroatoms. The number of Topliss-reactive ketones (excluding diaryl/α,β-unsaturated/α-hetero) is 1. The van der Waals surface area contributed by atoms with Crippen LogP contribution < -0.4 is 0 Å². The second-order valence-corrected chi connectivity index (χ2v) is 4.39. The average molecular weight is 242 g/mol. The molecule has 0 fully saturated rings. The van der Waals surface area contributed by atoms with Crippen molar-refractivity contribution in [3.63, 3.8) is 0 Å². The van der Waals surface area contributed by atoms with Gasteiger partial charge in [0.1, 0.15) is 0 Å². The number of hydrogen-bond donors (Lipinski definition) is 0. The lowest BCUT2D eigenvalue weighted by atomic mass is 9.95. The largest absolute Gasteiger partial charge is 0.294 e. The van der Waals surface area contributed by atoms with Crippen molar-refractivity contribution in [1.29, 1.82) is 0 Å². The molecule has 0 atom stereocenters. The summed E-state index contributed by atoms with van der Waals surface area (Å²) in [5, 5.41) is 4.25. The zero-order chi connectivity index (χ0) is 13.0. The number of carbonyl (C=O) groups excluding carboxylic acids is 1. The summed E-state index contributed by atoms with van der Waals surface area (Å²) in [5.74, 6) is 0.306.